The summed E-state index contributed by atoms with van der Waals surface area (Å²) in [4.78, 5) is 109. The predicted molar refractivity (Wildman–Crippen MR) is 219 cm³/mol. The molecule has 0 spiro atoms. The zero-order chi connectivity index (χ0) is 84.7. The van der Waals surface area contributed by atoms with Gasteiger partial charge in [-0.3, -0.25) is 38.4 Å². The predicted octanol–water partition coefficient (Wildman–Crippen LogP) is -2.73. The van der Waals surface area contributed by atoms with E-state index in [0.717, 1.165) is 0 Å². The van der Waals surface area contributed by atoms with Crippen LogP contribution in [0.1, 0.15) is 87.9 Å². The lowest BCUT2D eigenvalue weighted by Crippen LogP contribution is -2.64. The SMILES string of the molecule is [2H]C([2H])([2H])OC[C@H]1O[C@H](O[C@@H](C)[C@@H](C(=O)N([C@@H](CC(=O)N(C([2H])([2H])[2H])C([2H])([2H])[2H])C(=O)N(C([2H])([2H])[2H])C([2H])([2H])[2H])C([2H])([2H])[2H])N(C)C(=O)CN(C(=O)[C@@H](CCC(=O)N(C([2H])([2H])[2H])C([2H])([2H])[2H])N(C(=O)C(=O)N(C([2H])([2H])[2H])C([2H])([2H])[2H])C([2H])([2H])[2H])C([2H])([2H])[2H])[C@H](OC([2H])([2H])[2H])[C@@H](OC([2H])([2H])[2H])[C@@H]1OC([2H])([2H])[2H]. The first-order valence-electron chi connectivity index (χ1n) is 38.8. The van der Waals surface area contributed by atoms with Gasteiger partial charge in [-0.2, -0.15) is 0 Å². The van der Waals surface area contributed by atoms with Crippen LogP contribution in [-0.4, -0.2) is 266 Å². The van der Waals surface area contributed by atoms with E-state index >= 15 is 14.4 Å². The van der Waals surface area contributed by atoms with Gasteiger partial charge in [0.2, 0.25) is 35.4 Å². The lowest BCUT2D eigenvalue weighted by molar-refractivity contribution is -0.323. The molecule has 1 saturated heterocycles. The fourth-order valence-corrected chi connectivity index (χ4v) is 5.30. The van der Waals surface area contributed by atoms with Crippen LogP contribution in [0.2, 0.25) is 0 Å². The Labute approximate surface area is 423 Å². The quantitative estimate of drug-likeness (QED) is 0.107. The number of carbonyl (C=O) groups is 8. The third-order valence-corrected chi connectivity index (χ3v) is 8.42. The highest BCUT2D eigenvalue weighted by Gasteiger charge is 2.50. The van der Waals surface area contributed by atoms with Crippen molar-refractivity contribution in [1.82, 2.24) is 39.2 Å². The summed E-state index contributed by atoms with van der Waals surface area (Å²) in [5.41, 5.74) is 0. The summed E-state index contributed by atoms with van der Waals surface area (Å²) >= 11 is 0. The maximum absolute atomic E-state index is 15.9. The summed E-state index contributed by atoms with van der Waals surface area (Å²) in [5, 5.41) is 0. The summed E-state index contributed by atoms with van der Waals surface area (Å²) < 4.78 is 387. The number of likely N-dealkylation sites (N-methyl/N-ethyl adjacent to an activating group) is 6. The Morgan fingerprint density at radius 1 is 0.607 bits per heavy atom. The Bertz CT molecular complexity index is 3010. The van der Waals surface area contributed by atoms with Crippen LogP contribution in [0.4, 0.5) is 0 Å². The Hall–Kier alpha value is -4.48. The third kappa shape index (κ3) is 14.3. The van der Waals surface area contributed by atoms with E-state index in [1.807, 2.05) is 0 Å². The molecule has 8 amide bonds. The fourth-order valence-electron chi connectivity index (χ4n) is 5.30. The van der Waals surface area contributed by atoms with E-state index < -0.39 is 274 Å². The average Bonchev–Trinajstić information content (AvgIpc) is 0.761. The number of methoxy groups -OCH3 is 4. The van der Waals surface area contributed by atoms with E-state index in [2.05, 4.69) is 0 Å². The Kier molecular flexibility index (Phi) is 6.88. The number of rotatable bonds is 21. The van der Waals surface area contributed by atoms with Gasteiger partial charge in [-0.25, -0.2) is 0 Å². The summed E-state index contributed by atoms with van der Waals surface area (Å²) in [6, 6.07) is -10.9. The molecule has 61 heavy (non-hydrogen) atoms. The first-order chi connectivity index (χ1) is 46.2. The molecule has 0 bridgehead atoms. The summed E-state index contributed by atoms with van der Waals surface area (Å²) in [7, 11) is -15.1. The van der Waals surface area contributed by atoms with Crippen molar-refractivity contribution in [3.05, 3.63) is 0 Å². The minimum absolute atomic E-state index is 0.157. The van der Waals surface area contributed by atoms with Gasteiger partial charge in [0.15, 0.2) is 6.29 Å². The molecule has 350 valence electrons. The molecule has 9 atom stereocenters. The maximum Gasteiger partial charge on any atom is 0.312 e. The van der Waals surface area contributed by atoms with E-state index in [4.69, 9.17) is 90.1 Å². The van der Waals surface area contributed by atoms with Crippen molar-refractivity contribution < 1.29 is 128 Å². The number of nitrogens with zero attached hydrogens (tertiary/aromatic N) is 8. The Morgan fingerprint density at radius 3 is 1.82 bits per heavy atom. The molecular weight excluding hydrogens is 804 g/mol. The number of carbonyl (C=O) groups excluding carboxylic acids is 8. The first-order valence-corrected chi connectivity index (χ1v) is 16.3. The van der Waals surface area contributed by atoms with E-state index in [0.29, 0.717) is 6.92 Å². The van der Waals surface area contributed by atoms with Crippen LogP contribution in [0.3, 0.4) is 0 Å². The van der Waals surface area contributed by atoms with Crippen molar-refractivity contribution in [2.45, 2.75) is 81.1 Å². The number of ether oxygens (including phenoxy) is 6. The zero-order valence-corrected chi connectivity index (χ0v) is 31.5. The van der Waals surface area contributed by atoms with Gasteiger partial charge >= 0.3 is 11.8 Å². The molecule has 1 heterocycles. The van der Waals surface area contributed by atoms with Crippen LogP contribution in [0.15, 0.2) is 0 Å². The van der Waals surface area contributed by atoms with Crippen LogP contribution in [-0.2, 0) is 66.8 Å². The number of hydrogen-bond acceptors (Lipinski definition) is 14. The van der Waals surface area contributed by atoms with Gasteiger partial charge in [-0.05, 0) is 13.3 Å². The molecule has 0 aromatic heterocycles. The standard InChI is InChI=1S/C39H70N8O14/c1-23(60-39-33(59-17)32(58-16)31(57-15)26(61-39)22-56-14)30(36(53)46(12)25(34(51)42(6)7)20-28(49)41(4)5)47(13)29(50)21-44(10)35(52)24(18-19-27(48)40(2)3)45(11)38(55)37(54)43(8)9/h23-26,30-33,39H,18-22H2,1-17H3/t23-,24+,25-,26+,30-,31+,32-,33+,39-/m0/s1/i2D3,3D3,4D3,5D3,6D3,7D3,8D3,9D3,10D3,11D3,12D3,14D3,15D3,16D3,17D3. The molecule has 1 aliphatic rings. The highest BCUT2D eigenvalue weighted by molar-refractivity contribution is 6.35. The number of hydrogen-bond donors (Lipinski definition) is 0. The molecule has 0 radical (unpaired) electrons. The minimum Gasteiger partial charge on any atom is -0.382 e. The van der Waals surface area contributed by atoms with Crippen molar-refractivity contribution >= 4 is 47.3 Å². The van der Waals surface area contributed by atoms with Gasteiger partial charge in [0.05, 0.1) is 42.1 Å². The molecule has 1 fully saturated rings. The van der Waals surface area contributed by atoms with Gasteiger partial charge in [0.25, 0.3) is 0 Å². The van der Waals surface area contributed by atoms with Gasteiger partial charge < -0.3 is 67.6 Å². The molecule has 22 nitrogen and oxygen atoms in total. The highest BCUT2D eigenvalue weighted by Crippen LogP contribution is 2.30. The van der Waals surface area contributed by atoms with Gasteiger partial charge in [-0.15, -0.1) is 0 Å². The van der Waals surface area contributed by atoms with Gasteiger partial charge in [-0.1, -0.05) is 0 Å². The van der Waals surface area contributed by atoms with Crippen molar-refractivity contribution in [1.29, 1.82) is 0 Å². The molecule has 0 saturated carbocycles. The molecule has 0 N–H and O–H groups in total. The van der Waals surface area contributed by atoms with Crippen molar-refractivity contribution in [2.75, 3.05) is 125 Å². The number of amides is 8. The second kappa shape index (κ2) is 24.8. The topological polar surface area (TPSA) is 218 Å². The second-order valence-corrected chi connectivity index (χ2v) is 12.2. The second-order valence-electron chi connectivity index (χ2n) is 12.2. The van der Waals surface area contributed by atoms with E-state index in [1.54, 1.807) is 0 Å². The zero-order valence-electron chi connectivity index (χ0n) is 76.5. The van der Waals surface area contributed by atoms with E-state index in [-0.39, 0.29) is 11.9 Å². The summed E-state index contributed by atoms with van der Waals surface area (Å²) in [5.74, 6) is -21.3. The largest absolute Gasteiger partial charge is 0.382 e. The molecule has 22 heteroatoms. The lowest BCUT2D eigenvalue weighted by atomic mass is 9.98. The smallest absolute Gasteiger partial charge is 0.312 e. The average molecular weight is 920 g/mol. The van der Waals surface area contributed by atoms with Crippen LogP contribution >= 0.6 is 0 Å². The molecule has 0 aliphatic carbocycles. The van der Waals surface area contributed by atoms with Crippen LogP contribution in [0.25, 0.3) is 0 Å². The van der Waals surface area contributed by atoms with Gasteiger partial charge in [0, 0.05) is 164 Å². The van der Waals surface area contributed by atoms with Crippen LogP contribution < -0.4 is 0 Å². The fraction of sp³-hybridized carbons (Fsp3) is 0.795. The monoisotopic (exact) mass is 920 g/mol. The normalized spacial score (nSPS) is 34.6. The molecule has 0 unspecified atom stereocenters. The Morgan fingerprint density at radius 2 is 1.23 bits per heavy atom. The summed E-state index contributed by atoms with van der Waals surface area (Å²) in [6.45, 7) is -51.6. The molecule has 0 aromatic rings. The van der Waals surface area contributed by atoms with Crippen LogP contribution in [0.5, 0.6) is 0 Å². The Balaban J connectivity index is 5.21. The van der Waals surface area contributed by atoms with E-state index in [9.17, 15) is 24.0 Å². The van der Waals surface area contributed by atoms with Crippen molar-refractivity contribution in [3.63, 3.8) is 0 Å². The van der Waals surface area contributed by atoms with Crippen LogP contribution in [0, 0.1) is 0 Å². The van der Waals surface area contributed by atoms with Crippen molar-refractivity contribution in [2.24, 2.45) is 0 Å². The maximum atomic E-state index is 15.9. The molecule has 1 rings (SSSR count). The molecule has 0 aromatic carbocycles. The molecule has 1 aliphatic heterocycles. The minimum atomic E-state index is -4.73. The lowest BCUT2D eigenvalue weighted by Gasteiger charge is -2.46. The van der Waals surface area contributed by atoms with E-state index in [1.165, 1.54) is 0 Å². The van der Waals surface area contributed by atoms with Crippen molar-refractivity contribution in [3.8, 4) is 0 Å². The highest BCUT2D eigenvalue weighted by atomic mass is 16.7. The third-order valence-electron chi connectivity index (χ3n) is 8.42. The first kappa shape index (κ1) is 16.9. The molecular formula is C39H70N8O14. The van der Waals surface area contributed by atoms with Gasteiger partial charge in [0.1, 0.15) is 42.5 Å². The summed E-state index contributed by atoms with van der Waals surface area (Å²) in [6.07, 6.45) is -23.7.